The van der Waals surface area contributed by atoms with Crippen LogP contribution in [-0.4, -0.2) is 34.7 Å². The van der Waals surface area contributed by atoms with E-state index in [2.05, 4.69) is 10.3 Å². The first-order valence-electron chi connectivity index (χ1n) is 11.2. The van der Waals surface area contributed by atoms with Gasteiger partial charge in [0.1, 0.15) is 17.1 Å². The maximum atomic E-state index is 14.0. The molecule has 1 amide bonds. The van der Waals surface area contributed by atoms with Crippen molar-refractivity contribution in [3.63, 3.8) is 0 Å². The summed E-state index contributed by atoms with van der Waals surface area (Å²) in [5, 5.41) is 12.6. The van der Waals surface area contributed by atoms with Crippen LogP contribution in [0.15, 0.2) is 60.8 Å². The summed E-state index contributed by atoms with van der Waals surface area (Å²) in [5.74, 6) is -0.569. The van der Waals surface area contributed by atoms with E-state index >= 15 is 0 Å². The topological polar surface area (TPSA) is 97.5 Å². The Morgan fingerprint density at radius 2 is 1.85 bits per heavy atom. The third-order valence-corrected chi connectivity index (χ3v) is 5.96. The van der Waals surface area contributed by atoms with Crippen LogP contribution in [0, 0.1) is 5.82 Å². The standard InChI is InChI=1S/C26H28FN3O3.ClH/c27-18-15-23(25(32)30-20-11-9-19(28)10-12-20)26(29-16-18)33-24-8-4-7-21(22(24)13-14-31)17-5-2-1-3-6-17;/h1-8,15-16,19-20,31H,9-14,28H2,(H,30,32);1H. The minimum absolute atomic E-state index is 0. The number of aliphatic hydroxyl groups excluding tert-OH is 1. The van der Waals surface area contributed by atoms with Gasteiger partial charge in [-0.25, -0.2) is 9.37 Å². The monoisotopic (exact) mass is 485 g/mol. The fraction of sp³-hybridized carbons (Fsp3) is 0.308. The summed E-state index contributed by atoms with van der Waals surface area (Å²) in [6, 6.07) is 16.6. The molecule has 6 nitrogen and oxygen atoms in total. The summed E-state index contributed by atoms with van der Waals surface area (Å²) < 4.78 is 20.1. The van der Waals surface area contributed by atoms with Gasteiger partial charge in [0.05, 0.1) is 6.20 Å². The van der Waals surface area contributed by atoms with Crippen molar-refractivity contribution in [2.75, 3.05) is 6.61 Å². The predicted molar refractivity (Wildman–Crippen MR) is 132 cm³/mol. The molecule has 1 saturated carbocycles. The summed E-state index contributed by atoms with van der Waals surface area (Å²) in [6.07, 6.45) is 4.63. The second-order valence-electron chi connectivity index (χ2n) is 8.32. The molecule has 0 aliphatic heterocycles. The number of amides is 1. The highest BCUT2D eigenvalue weighted by Crippen LogP contribution is 2.34. The average molecular weight is 486 g/mol. The Morgan fingerprint density at radius 3 is 2.56 bits per heavy atom. The van der Waals surface area contributed by atoms with Crippen LogP contribution in [0.2, 0.25) is 0 Å². The molecule has 1 fully saturated rings. The first-order valence-corrected chi connectivity index (χ1v) is 11.2. The van der Waals surface area contributed by atoms with E-state index in [1.807, 2.05) is 42.5 Å². The maximum absolute atomic E-state index is 14.0. The normalized spacial score (nSPS) is 17.5. The quantitative estimate of drug-likeness (QED) is 0.453. The highest BCUT2D eigenvalue weighted by atomic mass is 35.5. The van der Waals surface area contributed by atoms with Gasteiger partial charge in [0.25, 0.3) is 5.91 Å². The van der Waals surface area contributed by atoms with Gasteiger partial charge < -0.3 is 20.9 Å². The highest BCUT2D eigenvalue weighted by Gasteiger charge is 2.24. The number of rotatable bonds is 7. The number of carbonyl (C=O) groups excluding carboxylic acids is 1. The van der Waals surface area contributed by atoms with E-state index in [9.17, 15) is 14.3 Å². The van der Waals surface area contributed by atoms with E-state index < -0.39 is 11.7 Å². The number of carbonyl (C=O) groups is 1. The average Bonchev–Trinajstić information content (AvgIpc) is 2.83. The van der Waals surface area contributed by atoms with Crippen molar-refractivity contribution < 1.29 is 19.0 Å². The molecule has 1 heterocycles. The van der Waals surface area contributed by atoms with Gasteiger partial charge in [-0.2, -0.15) is 0 Å². The smallest absolute Gasteiger partial charge is 0.257 e. The van der Waals surface area contributed by atoms with Crippen molar-refractivity contribution in [1.82, 2.24) is 10.3 Å². The number of halogens is 2. The fourth-order valence-electron chi connectivity index (χ4n) is 4.22. The van der Waals surface area contributed by atoms with Gasteiger partial charge >= 0.3 is 0 Å². The van der Waals surface area contributed by atoms with Crippen molar-refractivity contribution in [1.29, 1.82) is 0 Å². The minimum Gasteiger partial charge on any atom is -0.438 e. The number of ether oxygens (including phenoxy) is 1. The van der Waals surface area contributed by atoms with Crippen LogP contribution in [0.4, 0.5) is 4.39 Å². The van der Waals surface area contributed by atoms with Crippen molar-refractivity contribution in [3.8, 4) is 22.8 Å². The molecule has 1 aliphatic carbocycles. The molecule has 4 rings (SSSR count). The number of hydrogen-bond donors (Lipinski definition) is 3. The third-order valence-electron chi connectivity index (χ3n) is 5.96. The Kier molecular flexibility index (Phi) is 8.98. The summed E-state index contributed by atoms with van der Waals surface area (Å²) in [4.78, 5) is 17.1. The Labute approximate surface area is 204 Å². The number of aliphatic hydroxyl groups is 1. The molecule has 0 unspecified atom stereocenters. The molecule has 3 aromatic rings. The molecule has 2 aromatic carbocycles. The van der Waals surface area contributed by atoms with E-state index in [0.29, 0.717) is 12.2 Å². The first-order chi connectivity index (χ1) is 16.0. The Balaban J connectivity index is 0.00000324. The van der Waals surface area contributed by atoms with Crippen LogP contribution in [-0.2, 0) is 6.42 Å². The van der Waals surface area contributed by atoms with Gasteiger partial charge in [-0.05, 0) is 55.4 Å². The highest BCUT2D eigenvalue weighted by molar-refractivity contribution is 5.96. The minimum atomic E-state index is -0.619. The second kappa shape index (κ2) is 11.9. The van der Waals surface area contributed by atoms with Gasteiger partial charge in [0.2, 0.25) is 5.88 Å². The number of pyridine rings is 1. The molecular formula is C26H29ClFN3O3. The molecule has 1 aliphatic rings. The van der Waals surface area contributed by atoms with Crippen molar-refractivity contribution in [2.45, 2.75) is 44.2 Å². The van der Waals surface area contributed by atoms with E-state index in [0.717, 1.165) is 54.6 Å². The maximum Gasteiger partial charge on any atom is 0.257 e. The molecule has 0 spiro atoms. The zero-order chi connectivity index (χ0) is 23.2. The van der Waals surface area contributed by atoms with Crippen LogP contribution >= 0.6 is 12.4 Å². The summed E-state index contributed by atoms with van der Waals surface area (Å²) in [6.45, 7) is -0.0752. The second-order valence-corrected chi connectivity index (χ2v) is 8.32. The van der Waals surface area contributed by atoms with Gasteiger partial charge in [0.15, 0.2) is 0 Å². The number of aromatic nitrogens is 1. The van der Waals surface area contributed by atoms with Gasteiger partial charge in [0, 0.05) is 24.3 Å². The largest absolute Gasteiger partial charge is 0.438 e. The molecule has 1 aromatic heterocycles. The van der Waals surface area contributed by atoms with Crippen LogP contribution < -0.4 is 15.8 Å². The van der Waals surface area contributed by atoms with Crippen molar-refractivity contribution in [2.24, 2.45) is 5.73 Å². The number of hydrogen-bond acceptors (Lipinski definition) is 5. The Morgan fingerprint density at radius 1 is 1.12 bits per heavy atom. The summed E-state index contributed by atoms with van der Waals surface area (Å²) in [7, 11) is 0. The van der Waals surface area contributed by atoms with Gasteiger partial charge in [-0.3, -0.25) is 4.79 Å². The summed E-state index contributed by atoms with van der Waals surface area (Å²) >= 11 is 0. The number of nitrogens with two attached hydrogens (primary N) is 1. The van der Waals surface area contributed by atoms with Crippen LogP contribution in [0.1, 0.15) is 41.6 Å². The molecule has 0 radical (unpaired) electrons. The molecule has 180 valence electrons. The van der Waals surface area contributed by atoms with Crippen molar-refractivity contribution >= 4 is 18.3 Å². The van der Waals surface area contributed by atoms with E-state index in [1.165, 1.54) is 0 Å². The zero-order valence-electron chi connectivity index (χ0n) is 18.7. The fourth-order valence-corrected chi connectivity index (χ4v) is 4.22. The lowest BCUT2D eigenvalue weighted by Gasteiger charge is -2.27. The van der Waals surface area contributed by atoms with E-state index in [1.54, 1.807) is 6.07 Å². The lowest BCUT2D eigenvalue weighted by molar-refractivity contribution is 0.0922. The van der Waals surface area contributed by atoms with Crippen LogP contribution in [0.5, 0.6) is 11.6 Å². The molecule has 4 N–H and O–H groups in total. The van der Waals surface area contributed by atoms with Crippen molar-refractivity contribution in [3.05, 3.63) is 77.7 Å². The molecular weight excluding hydrogens is 457 g/mol. The molecule has 34 heavy (non-hydrogen) atoms. The number of nitrogens with one attached hydrogen (secondary N) is 1. The number of nitrogens with zero attached hydrogens (tertiary/aromatic N) is 1. The Bertz CT molecular complexity index is 1110. The van der Waals surface area contributed by atoms with E-state index in [4.69, 9.17) is 10.5 Å². The SMILES string of the molecule is Cl.NC1CCC(NC(=O)c2cc(F)cnc2Oc2cccc(-c3ccccc3)c2CCO)CC1. The van der Waals surface area contributed by atoms with Gasteiger partial charge in [-0.1, -0.05) is 42.5 Å². The van der Waals surface area contributed by atoms with E-state index in [-0.39, 0.29) is 42.5 Å². The lowest BCUT2D eigenvalue weighted by Crippen LogP contribution is -2.40. The summed E-state index contributed by atoms with van der Waals surface area (Å²) in [5.41, 5.74) is 8.66. The molecule has 0 bridgehead atoms. The zero-order valence-corrected chi connectivity index (χ0v) is 19.6. The number of benzene rings is 2. The Hall–Kier alpha value is -3.00. The third kappa shape index (κ3) is 6.11. The van der Waals surface area contributed by atoms with Crippen LogP contribution in [0.25, 0.3) is 11.1 Å². The first kappa shape index (κ1) is 25.6. The molecule has 0 atom stereocenters. The van der Waals surface area contributed by atoms with Gasteiger partial charge in [-0.15, -0.1) is 12.4 Å². The lowest BCUT2D eigenvalue weighted by atomic mass is 9.91. The van der Waals surface area contributed by atoms with Crippen LogP contribution in [0.3, 0.4) is 0 Å². The molecule has 8 heteroatoms. The predicted octanol–water partition coefficient (Wildman–Crippen LogP) is 4.64. The molecule has 0 saturated heterocycles.